The van der Waals surface area contributed by atoms with Crippen molar-refractivity contribution in [2.24, 2.45) is 0 Å². The molecule has 0 saturated heterocycles. The molecule has 0 aromatic heterocycles. The van der Waals surface area contributed by atoms with E-state index in [-0.39, 0.29) is 28.6 Å². The average Bonchev–Trinajstić information content (AvgIpc) is 2.90. The summed E-state index contributed by atoms with van der Waals surface area (Å²) in [6.07, 6.45) is 1.94. The summed E-state index contributed by atoms with van der Waals surface area (Å²) in [4.78, 5) is 15.4. The molecule has 9 heteroatoms. The highest BCUT2D eigenvalue weighted by atomic mass is 19.2. The van der Waals surface area contributed by atoms with Gasteiger partial charge in [0.25, 0.3) is 5.69 Å². The first kappa shape index (κ1) is 25.9. The summed E-state index contributed by atoms with van der Waals surface area (Å²) in [7, 11) is 0. The van der Waals surface area contributed by atoms with Crippen molar-refractivity contribution in [2.45, 2.75) is 13.8 Å². The first-order chi connectivity index (χ1) is 18.1. The molecule has 0 aliphatic heterocycles. The van der Waals surface area contributed by atoms with Crippen LogP contribution in [-0.4, -0.2) is 5.78 Å². The van der Waals surface area contributed by atoms with Crippen molar-refractivity contribution >= 4 is 17.0 Å². The number of ketones is 1. The number of nitrogens with zero attached hydrogens (tertiary/aromatic N) is 2. The van der Waals surface area contributed by atoms with Crippen LogP contribution in [-0.2, 0) is 4.79 Å². The molecule has 0 atom stereocenters. The van der Waals surface area contributed by atoms with E-state index in [9.17, 15) is 27.6 Å². The average molecular weight is 516 g/mol. The zero-order valence-electron chi connectivity index (χ0n) is 19.9. The zero-order valence-corrected chi connectivity index (χ0v) is 19.9. The SMILES string of the molecule is [C-]#[N+]c1c(F)c(F)c(/C(C#N)=C2\C=C(Oc3ccc(C)cc3)C(=O)C=C2Oc2ccc(C)cc2)c(F)c1F. The first-order valence-electron chi connectivity index (χ1n) is 11.0. The Morgan fingerprint density at radius 2 is 1.26 bits per heavy atom. The van der Waals surface area contributed by atoms with Crippen molar-refractivity contribution in [2.75, 3.05) is 0 Å². The summed E-state index contributed by atoms with van der Waals surface area (Å²) in [5, 5.41) is 9.90. The smallest absolute Gasteiger partial charge is 0.262 e. The van der Waals surface area contributed by atoms with E-state index in [2.05, 4.69) is 4.85 Å². The van der Waals surface area contributed by atoms with Crippen LogP contribution < -0.4 is 9.47 Å². The fourth-order valence-electron chi connectivity index (χ4n) is 3.56. The van der Waals surface area contributed by atoms with Crippen molar-refractivity contribution in [3.63, 3.8) is 0 Å². The van der Waals surface area contributed by atoms with E-state index in [1.165, 1.54) is 0 Å². The van der Waals surface area contributed by atoms with Gasteiger partial charge in [-0.2, -0.15) is 5.26 Å². The molecule has 5 nitrogen and oxygen atoms in total. The van der Waals surface area contributed by atoms with Crippen LogP contribution in [0.2, 0.25) is 0 Å². The van der Waals surface area contributed by atoms with E-state index in [0.717, 1.165) is 23.3 Å². The minimum atomic E-state index is -1.96. The number of hydrogen-bond acceptors (Lipinski definition) is 4. The predicted octanol–water partition coefficient (Wildman–Crippen LogP) is 7.20. The van der Waals surface area contributed by atoms with E-state index < -0.39 is 45.9 Å². The maximum absolute atomic E-state index is 14.9. The van der Waals surface area contributed by atoms with Crippen LogP contribution in [0.15, 0.2) is 77.8 Å². The maximum atomic E-state index is 14.9. The molecule has 3 aromatic rings. The Morgan fingerprint density at radius 3 is 1.71 bits per heavy atom. The molecule has 188 valence electrons. The zero-order chi connectivity index (χ0) is 27.6. The number of aryl methyl sites for hydroxylation is 2. The van der Waals surface area contributed by atoms with Gasteiger partial charge >= 0.3 is 0 Å². The third kappa shape index (κ3) is 4.91. The summed E-state index contributed by atoms with van der Waals surface area (Å²) < 4.78 is 70.2. The van der Waals surface area contributed by atoms with Crippen LogP contribution in [0.25, 0.3) is 10.4 Å². The molecular formula is C29H16F4N2O3. The third-order valence-electron chi connectivity index (χ3n) is 5.53. The summed E-state index contributed by atoms with van der Waals surface area (Å²) in [6, 6.07) is 14.6. The quantitative estimate of drug-likeness (QED) is 0.156. The first-order valence-corrected chi connectivity index (χ1v) is 11.0. The lowest BCUT2D eigenvalue weighted by atomic mass is 9.94. The molecular weight excluding hydrogens is 500 g/mol. The van der Waals surface area contributed by atoms with E-state index >= 15 is 0 Å². The van der Waals surface area contributed by atoms with Crippen LogP contribution in [0.1, 0.15) is 16.7 Å². The fourth-order valence-corrected chi connectivity index (χ4v) is 3.56. The number of allylic oxidation sites excluding steroid dienone is 3. The summed E-state index contributed by atoms with van der Waals surface area (Å²) >= 11 is 0. The molecule has 0 N–H and O–H groups in total. The van der Waals surface area contributed by atoms with Crippen molar-refractivity contribution in [1.82, 2.24) is 0 Å². The highest BCUT2D eigenvalue weighted by Crippen LogP contribution is 2.38. The van der Waals surface area contributed by atoms with Gasteiger partial charge < -0.3 is 9.47 Å². The minimum Gasteiger partial charge on any atom is -0.457 e. The normalized spacial score (nSPS) is 14.2. The number of hydrogen-bond donors (Lipinski definition) is 0. The second-order valence-electron chi connectivity index (χ2n) is 8.20. The van der Waals surface area contributed by atoms with Gasteiger partial charge in [-0.3, -0.25) is 4.79 Å². The van der Waals surface area contributed by atoms with E-state index in [4.69, 9.17) is 16.0 Å². The van der Waals surface area contributed by atoms with Gasteiger partial charge in [-0.15, -0.1) is 0 Å². The fraction of sp³-hybridized carbons (Fsp3) is 0.0690. The molecule has 0 amide bonds. The largest absolute Gasteiger partial charge is 0.457 e. The van der Waals surface area contributed by atoms with Gasteiger partial charge in [-0.05, 0) is 44.2 Å². The minimum absolute atomic E-state index is 0.211. The number of ether oxygens (including phenoxy) is 2. The molecule has 0 radical (unpaired) electrons. The van der Waals surface area contributed by atoms with Gasteiger partial charge in [-0.25, -0.2) is 22.4 Å². The molecule has 4 rings (SSSR count). The molecule has 3 aromatic carbocycles. The third-order valence-corrected chi connectivity index (χ3v) is 5.53. The number of rotatable bonds is 5. The number of carbonyl (C=O) groups is 1. The lowest BCUT2D eigenvalue weighted by molar-refractivity contribution is -0.113. The molecule has 0 saturated carbocycles. The van der Waals surface area contributed by atoms with Crippen LogP contribution >= 0.6 is 0 Å². The molecule has 1 aliphatic carbocycles. The van der Waals surface area contributed by atoms with Crippen molar-refractivity contribution in [3.05, 3.63) is 129 Å². The van der Waals surface area contributed by atoms with Gasteiger partial charge in [0.05, 0.1) is 17.7 Å². The van der Waals surface area contributed by atoms with Crippen LogP contribution in [0.5, 0.6) is 11.5 Å². The molecule has 0 fully saturated rings. The molecule has 0 unspecified atom stereocenters. The Kier molecular flexibility index (Phi) is 7.13. The number of halogens is 4. The van der Waals surface area contributed by atoms with Crippen LogP contribution in [0.3, 0.4) is 0 Å². The number of nitriles is 1. The van der Waals surface area contributed by atoms with Gasteiger partial charge in [0.1, 0.15) is 23.3 Å². The summed E-state index contributed by atoms with van der Waals surface area (Å²) in [5.74, 6) is -8.70. The molecule has 0 heterocycles. The van der Waals surface area contributed by atoms with Gasteiger partial charge in [0.2, 0.25) is 5.78 Å². The molecule has 0 spiro atoms. The van der Waals surface area contributed by atoms with Crippen LogP contribution in [0.4, 0.5) is 23.2 Å². The second kappa shape index (κ2) is 10.5. The van der Waals surface area contributed by atoms with E-state index in [0.29, 0.717) is 0 Å². The second-order valence-corrected chi connectivity index (χ2v) is 8.20. The monoisotopic (exact) mass is 516 g/mol. The van der Waals surface area contributed by atoms with Crippen LogP contribution in [0, 0.1) is 55.0 Å². The molecule has 0 bridgehead atoms. The van der Waals surface area contributed by atoms with Gasteiger partial charge in [0.15, 0.2) is 29.0 Å². The Hall–Kier alpha value is -5.15. The topological polar surface area (TPSA) is 63.7 Å². The lowest BCUT2D eigenvalue weighted by Crippen LogP contribution is -2.16. The Morgan fingerprint density at radius 1 is 0.789 bits per heavy atom. The van der Waals surface area contributed by atoms with Crippen molar-refractivity contribution in [3.8, 4) is 17.6 Å². The van der Waals surface area contributed by atoms with Gasteiger partial charge in [-0.1, -0.05) is 35.4 Å². The lowest BCUT2D eigenvalue weighted by Gasteiger charge is -2.19. The van der Waals surface area contributed by atoms with E-state index in [1.54, 1.807) is 54.6 Å². The number of benzene rings is 3. The highest BCUT2D eigenvalue weighted by molar-refractivity contribution is 6.07. The molecule has 38 heavy (non-hydrogen) atoms. The van der Waals surface area contributed by atoms with Gasteiger partial charge in [0, 0.05) is 11.6 Å². The molecule has 1 aliphatic rings. The standard InChI is InChI=1S/C29H16F4N2O3/c1-15-4-8-17(9-5-15)37-22-13-21(36)23(38-18-10-6-16(2)7-11-18)12-19(22)20(14-34)24-25(30)27(32)29(35-3)28(33)26(24)31/h4-13H,1-2H3/b20-19+. The van der Waals surface area contributed by atoms with E-state index in [1.807, 2.05) is 13.8 Å². The predicted molar refractivity (Wildman–Crippen MR) is 130 cm³/mol. The van der Waals surface area contributed by atoms with Crippen molar-refractivity contribution in [1.29, 1.82) is 5.26 Å². The highest BCUT2D eigenvalue weighted by Gasteiger charge is 2.32. The summed E-state index contributed by atoms with van der Waals surface area (Å²) in [5.41, 5.74) is -2.30. The number of carbonyl (C=O) groups excluding carboxylic acids is 1. The Labute approximate surface area is 215 Å². The maximum Gasteiger partial charge on any atom is 0.262 e. The Balaban J connectivity index is 1.94. The Bertz CT molecular complexity index is 1610. The van der Waals surface area contributed by atoms with Crippen molar-refractivity contribution < 1.29 is 31.8 Å². The summed E-state index contributed by atoms with van der Waals surface area (Å²) in [6.45, 7) is 10.5.